The Labute approximate surface area is 106 Å². The first-order valence-electron chi connectivity index (χ1n) is 6.52. The van der Waals surface area contributed by atoms with E-state index in [-0.39, 0.29) is 0 Å². The Morgan fingerprint density at radius 3 is 2.67 bits per heavy atom. The fourth-order valence-electron chi connectivity index (χ4n) is 2.24. The van der Waals surface area contributed by atoms with Gasteiger partial charge < -0.3 is 10.1 Å². The smallest absolute Gasteiger partial charge is 0.159 e. The van der Waals surface area contributed by atoms with Crippen molar-refractivity contribution >= 4 is 0 Å². The SMILES string of the molecule is Fc1ccc(CNCCOC2CCCC2)cc1F. The van der Waals surface area contributed by atoms with Crippen LogP contribution < -0.4 is 5.32 Å². The summed E-state index contributed by atoms with van der Waals surface area (Å²) in [4.78, 5) is 0. The van der Waals surface area contributed by atoms with Crippen molar-refractivity contribution in [1.29, 1.82) is 0 Å². The molecule has 1 N–H and O–H groups in total. The summed E-state index contributed by atoms with van der Waals surface area (Å²) in [5, 5.41) is 3.16. The van der Waals surface area contributed by atoms with E-state index in [1.165, 1.54) is 31.7 Å². The minimum atomic E-state index is -0.802. The highest BCUT2D eigenvalue weighted by atomic mass is 19.2. The van der Waals surface area contributed by atoms with Gasteiger partial charge >= 0.3 is 0 Å². The molecule has 100 valence electrons. The monoisotopic (exact) mass is 255 g/mol. The van der Waals surface area contributed by atoms with E-state index < -0.39 is 11.6 Å². The molecule has 0 aliphatic heterocycles. The summed E-state index contributed by atoms with van der Waals surface area (Å²) in [6.45, 7) is 1.94. The molecule has 4 heteroatoms. The number of ether oxygens (including phenoxy) is 1. The average Bonchev–Trinajstić information content (AvgIpc) is 2.86. The van der Waals surface area contributed by atoms with Gasteiger partial charge in [-0.25, -0.2) is 8.78 Å². The first-order valence-corrected chi connectivity index (χ1v) is 6.52. The van der Waals surface area contributed by atoms with Crippen molar-refractivity contribution < 1.29 is 13.5 Å². The van der Waals surface area contributed by atoms with Gasteiger partial charge in [0.05, 0.1) is 12.7 Å². The molecule has 0 aromatic heterocycles. The molecule has 1 aliphatic carbocycles. The molecule has 1 aliphatic rings. The van der Waals surface area contributed by atoms with Crippen LogP contribution in [0.3, 0.4) is 0 Å². The minimum absolute atomic E-state index is 0.426. The molecule has 18 heavy (non-hydrogen) atoms. The van der Waals surface area contributed by atoms with Crippen molar-refractivity contribution in [2.24, 2.45) is 0 Å². The van der Waals surface area contributed by atoms with Gasteiger partial charge in [-0.1, -0.05) is 18.9 Å². The number of rotatable bonds is 6. The van der Waals surface area contributed by atoms with Gasteiger partial charge in [0.1, 0.15) is 0 Å². The Morgan fingerprint density at radius 2 is 1.94 bits per heavy atom. The van der Waals surface area contributed by atoms with Crippen LogP contribution in [0, 0.1) is 11.6 Å². The van der Waals surface area contributed by atoms with Crippen LogP contribution in [0.5, 0.6) is 0 Å². The third-order valence-electron chi connectivity index (χ3n) is 3.25. The highest BCUT2D eigenvalue weighted by Crippen LogP contribution is 2.20. The molecule has 0 unspecified atom stereocenters. The molecule has 0 spiro atoms. The van der Waals surface area contributed by atoms with Gasteiger partial charge in [-0.3, -0.25) is 0 Å². The van der Waals surface area contributed by atoms with Gasteiger partial charge in [-0.2, -0.15) is 0 Å². The molecule has 0 heterocycles. The molecule has 0 atom stereocenters. The first kappa shape index (κ1) is 13.4. The van der Waals surface area contributed by atoms with Crippen LogP contribution in [-0.4, -0.2) is 19.3 Å². The fourth-order valence-corrected chi connectivity index (χ4v) is 2.24. The first-order chi connectivity index (χ1) is 8.75. The van der Waals surface area contributed by atoms with Crippen LogP contribution in [0.2, 0.25) is 0 Å². The fraction of sp³-hybridized carbons (Fsp3) is 0.571. The van der Waals surface area contributed by atoms with E-state index >= 15 is 0 Å². The Hall–Kier alpha value is -1.00. The van der Waals surface area contributed by atoms with Crippen molar-refractivity contribution in [3.63, 3.8) is 0 Å². The van der Waals surface area contributed by atoms with E-state index in [0.717, 1.165) is 18.2 Å². The predicted octanol–water partition coefficient (Wildman–Crippen LogP) is 3.01. The van der Waals surface area contributed by atoms with Crippen molar-refractivity contribution in [2.45, 2.75) is 38.3 Å². The van der Waals surface area contributed by atoms with E-state index in [1.54, 1.807) is 6.07 Å². The lowest BCUT2D eigenvalue weighted by Gasteiger charge is -2.11. The Kier molecular flexibility index (Phi) is 5.08. The minimum Gasteiger partial charge on any atom is -0.377 e. The maximum Gasteiger partial charge on any atom is 0.159 e. The van der Waals surface area contributed by atoms with Gasteiger partial charge in [0.2, 0.25) is 0 Å². The van der Waals surface area contributed by atoms with Gasteiger partial charge in [-0.05, 0) is 30.5 Å². The van der Waals surface area contributed by atoms with E-state index in [4.69, 9.17) is 4.74 Å². The maximum absolute atomic E-state index is 12.9. The predicted molar refractivity (Wildman–Crippen MR) is 66.3 cm³/mol. The number of hydrogen-bond donors (Lipinski definition) is 1. The molecule has 0 bridgehead atoms. The molecular weight excluding hydrogens is 236 g/mol. The quantitative estimate of drug-likeness (QED) is 0.789. The number of hydrogen-bond acceptors (Lipinski definition) is 2. The molecule has 1 saturated carbocycles. The lowest BCUT2D eigenvalue weighted by atomic mass is 10.2. The Morgan fingerprint density at radius 1 is 1.17 bits per heavy atom. The molecule has 2 rings (SSSR count). The third-order valence-corrected chi connectivity index (χ3v) is 3.25. The van der Waals surface area contributed by atoms with Crippen LogP contribution in [0.1, 0.15) is 31.2 Å². The van der Waals surface area contributed by atoms with Crippen LogP contribution in [0.15, 0.2) is 18.2 Å². The summed E-state index contributed by atoms with van der Waals surface area (Å²) < 4.78 is 31.3. The third kappa shape index (κ3) is 4.03. The van der Waals surface area contributed by atoms with Crippen LogP contribution in [0.4, 0.5) is 8.78 Å². The summed E-state index contributed by atoms with van der Waals surface area (Å²) in [5.74, 6) is -1.60. The van der Waals surface area contributed by atoms with E-state index in [9.17, 15) is 8.78 Å². The van der Waals surface area contributed by atoms with Crippen molar-refractivity contribution in [1.82, 2.24) is 5.32 Å². The van der Waals surface area contributed by atoms with Crippen molar-refractivity contribution in [3.05, 3.63) is 35.4 Å². The van der Waals surface area contributed by atoms with Crippen LogP contribution in [0.25, 0.3) is 0 Å². The highest BCUT2D eigenvalue weighted by Gasteiger charge is 2.14. The lowest BCUT2D eigenvalue weighted by Crippen LogP contribution is -2.22. The second-order valence-corrected chi connectivity index (χ2v) is 4.70. The number of halogens is 2. The molecule has 0 radical (unpaired) electrons. The summed E-state index contributed by atoms with van der Waals surface area (Å²) >= 11 is 0. The molecule has 1 aromatic rings. The normalized spacial score (nSPS) is 16.3. The second-order valence-electron chi connectivity index (χ2n) is 4.70. The molecule has 2 nitrogen and oxygen atoms in total. The maximum atomic E-state index is 12.9. The second kappa shape index (κ2) is 6.81. The molecule has 1 aromatic carbocycles. The topological polar surface area (TPSA) is 21.3 Å². The van der Waals surface area contributed by atoms with E-state index in [0.29, 0.717) is 19.3 Å². The molecule has 1 fully saturated rings. The zero-order valence-corrected chi connectivity index (χ0v) is 10.4. The van der Waals surface area contributed by atoms with Gasteiger partial charge in [0.15, 0.2) is 11.6 Å². The van der Waals surface area contributed by atoms with Gasteiger partial charge in [0.25, 0.3) is 0 Å². The zero-order valence-electron chi connectivity index (χ0n) is 10.4. The summed E-state index contributed by atoms with van der Waals surface area (Å²) in [7, 11) is 0. The Balaban J connectivity index is 1.61. The lowest BCUT2D eigenvalue weighted by molar-refractivity contribution is 0.0602. The van der Waals surface area contributed by atoms with Crippen molar-refractivity contribution in [2.75, 3.05) is 13.2 Å². The number of nitrogens with one attached hydrogen (secondary N) is 1. The molecule has 0 saturated heterocycles. The standard InChI is InChI=1S/C14H19F2NO/c15-13-6-5-11(9-14(13)16)10-17-7-8-18-12-3-1-2-4-12/h5-6,9,12,17H,1-4,7-8,10H2. The highest BCUT2D eigenvalue weighted by molar-refractivity contribution is 5.17. The largest absolute Gasteiger partial charge is 0.377 e. The van der Waals surface area contributed by atoms with Gasteiger partial charge in [0, 0.05) is 13.1 Å². The summed E-state index contributed by atoms with van der Waals surface area (Å²) in [5.41, 5.74) is 0.745. The summed E-state index contributed by atoms with van der Waals surface area (Å²) in [6.07, 6.45) is 5.31. The van der Waals surface area contributed by atoms with Crippen LogP contribution in [-0.2, 0) is 11.3 Å². The Bertz CT molecular complexity index is 378. The van der Waals surface area contributed by atoms with Crippen LogP contribution >= 0.6 is 0 Å². The molecular formula is C14H19F2NO. The van der Waals surface area contributed by atoms with E-state index in [2.05, 4.69) is 5.32 Å². The average molecular weight is 255 g/mol. The summed E-state index contributed by atoms with van der Waals surface area (Å²) in [6, 6.07) is 3.96. The van der Waals surface area contributed by atoms with E-state index in [1.807, 2.05) is 0 Å². The zero-order chi connectivity index (χ0) is 12.8. The van der Waals surface area contributed by atoms with Crippen molar-refractivity contribution in [3.8, 4) is 0 Å². The van der Waals surface area contributed by atoms with Gasteiger partial charge in [-0.15, -0.1) is 0 Å². The molecule has 0 amide bonds. The number of benzene rings is 1.